The summed E-state index contributed by atoms with van der Waals surface area (Å²) in [4.78, 5) is 40.6. The molecule has 0 aromatic heterocycles. The molecule has 0 aliphatic carbocycles. The second kappa shape index (κ2) is 11.4. The zero-order valence-electron chi connectivity index (χ0n) is 20.1. The Labute approximate surface area is 234 Å². The van der Waals surface area contributed by atoms with Crippen LogP contribution < -0.4 is 5.32 Å². The number of anilines is 1. The molecule has 5 rings (SSSR count). The minimum Gasteiger partial charge on any atom is -0.322 e. The van der Waals surface area contributed by atoms with Crippen LogP contribution in [0.4, 0.5) is 5.69 Å². The Bertz CT molecular complexity index is 1490. The van der Waals surface area contributed by atoms with Crippen LogP contribution in [-0.2, 0) is 11.3 Å². The number of thioether (sulfide) groups is 1. The Hall–Kier alpha value is -3.58. The Morgan fingerprint density at radius 2 is 1.53 bits per heavy atom. The van der Waals surface area contributed by atoms with Crippen LogP contribution in [0.3, 0.4) is 0 Å². The maximum absolute atomic E-state index is 13.1. The molecule has 190 valence electrons. The lowest BCUT2D eigenvalue weighted by Crippen LogP contribution is -2.27. The molecule has 0 saturated carbocycles. The molecule has 4 aromatic carbocycles. The van der Waals surface area contributed by atoms with E-state index in [1.165, 1.54) is 0 Å². The van der Waals surface area contributed by atoms with Gasteiger partial charge in [-0.15, -0.1) is 11.8 Å². The summed E-state index contributed by atoms with van der Waals surface area (Å²) >= 11 is 13.7. The lowest BCUT2D eigenvalue weighted by molar-refractivity contribution is -0.128. The highest BCUT2D eigenvalue weighted by atomic mass is 35.5. The van der Waals surface area contributed by atoms with Gasteiger partial charge < -0.3 is 10.2 Å². The first-order valence-electron chi connectivity index (χ1n) is 11.8. The number of nitrogens with one attached hydrogen (secondary N) is 1. The van der Waals surface area contributed by atoms with E-state index in [1.54, 1.807) is 66.4 Å². The third-order valence-corrected chi connectivity index (χ3v) is 7.95. The molecule has 2 amide bonds. The fourth-order valence-corrected chi connectivity index (χ4v) is 5.73. The molecular formula is C30H22Cl2N2O3S. The van der Waals surface area contributed by atoms with Crippen molar-refractivity contribution in [3.63, 3.8) is 0 Å². The smallest absolute Gasteiger partial charge is 0.255 e. The molecule has 1 aliphatic rings. The normalized spacial score (nSPS) is 14.9. The summed E-state index contributed by atoms with van der Waals surface area (Å²) in [6.45, 7) is 0.477. The van der Waals surface area contributed by atoms with Crippen molar-refractivity contribution in [1.82, 2.24) is 4.90 Å². The van der Waals surface area contributed by atoms with Gasteiger partial charge in [0.15, 0.2) is 5.78 Å². The van der Waals surface area contributed by atoms with Gasteiger partial charge >= 0.3 is 0 Å². The van der Waals surface area contributed by atoms with Gasteiger partial charge in [-0.3, -0.25) is 14.4 Å². The highest BCUT2D eigenvalue weighted by Gasteiger charge is 2.32. The summed E-state index contributed by atoms with van der Waals surface area (Å²) in [7, 11) is 0. The maximum Gasteiger partial charge on any atom is 0.255 e. The number of benzene rings is 4. The first kappa shape index (κ1) is 26.0. The molecule has 1 heterocycles. The van der Waals surface area contributed by atoms with Gasteiger partial charge in [-0.25, -0.2) is 0 Å². The lowest BCUT2D eigenvalue weighted by atomic mass is 10.0. The van der Waals surface area contributed by atoms with Crippen molar-refractivity contribution in [2.75, 3.05) is 11.1 Å². The second-order valence-electron chi connectivity index (χ2n) is 8.77. The van der Waals surface area contributed by atoms with Crippen LogP contribution in [0.5, 0.6) is 0 Å². The van der Waals surface area contributed by atoms with Crippen LogP contribution in [0, 0.1) is 0 Å². The van der Waals surface area contributed by atoms with Crippen LogP contribution in [0.15, 0.2) is 97.1 Å². The van der Waals surface area contributed by atoms with Gasteiger partial charge in [0.05, 0.1) is 11.4 Å². The largest absolute Gasteiger partial charge is 0.322 e. The monoisotopic (exact) mass is 560 g/mol. The van der Waals surface area contributed by atoms with Crippen LogP contribution in [0.1, 0.15) is 42.8 Å². The van der Waals surface area contributed by atoms with Gasteiger partial charge in [-0.1, -0.05) is 77.8 Å². The molecule has 0 bridgehead atoms. The van der Waals surface area contributed by atoms with Gasteiger partial charge in [-0.2, -0.15) is 0 Å². The van der Waals surface area contributed by atoms with E-state index in [2.05, 4.69) is 5.32 Å². The average molecular weight is 561 g/mol. The molecular weight excluding hydrogens is 539 g/mol. The van der Waals surface area contributed by atoms with Crippen LogP contribution in [0.2, 0.25) is 10.0 Å². The molecule has 0 radical (unpaired) electrons. The number of halogens is 2. The lowest BCUT2D eigenvalue weighted by Gasteiger charge is -2.24. The molecule has 0 unspecified atom stereocenters. The van der Waals surface area contributed by atoms with Crippen molar-refractivity contribution < 1.29 is 14.4 Å². The minimum absolute atomic E-state index is 0.0649. The number of amides is 2. The molecule has 4 aromatic rings. The number of rotatable bonds is 7. The van der Waals surface area contributed by atoms with Crippen LogP contribution in [-0.4, -0.2) is 28.3 Å². The van der Waals surface area contributed by atoms with Gasteiger partial charge in [-0.05, 0) is 53.6 Å². The van der Waals surface area contributed by atoms with E-state index in [4.69, 9.17) is 23.2 Å². The molecule has 1 fully saturated rings. The molecule has 5 nitrogen and oxygen atoms in total. The van der Waals surface area contributed by atoms with E-state index in [-0.39, 0.29) is 23.0 Å². The molecule has 1 aliphatic heterocycles. The number of carbonyl (C=O) groups excluding carboxylic acids is 3. The summed E-state index contributed by atoms with van der Waals surface area (Å²) in [5.41, 5.74) is 3.55. The summed E-state index contributed by atoms with van der Waals surface area (Å²) in [6.07, 6.45) is 0. The van der Waals surface area contributed by atoms with Crippen molar-refractivity contribution in [1.29, 1.82) is 0 Å². The van der Waals surface area contributed by atoms with Gasteiger partial charge in [0.25, 0.3) is 5.91 Å². The highest BCUT2D eigenvalue weighted by molar-refractivity contribution is 8.00. The van der Waals surface area contributed by atoms with E-state index < -0.39 is 0 Å². The minimum atomic E-state index is -0.353. The predicted octanol–water partition coefficient (Wildman–Crippen LogP) is 7.25. The van der Waals surface area contributed by atoms with Crippen molar-refractivity contribution in [3.8, 4) is 0 Å². The number of carbonyl (C=O) groups is 3. The second-order valence-corrected chi connectivity index (χ2v) is 10.7. The third kappa shape index (κ3) is 5.78. The van der Waals surface area contributed by atoms with Gasteiger partial charge in [0.2, 0.25) is 5.91 Å². The number of nitrogens with zero attached hydrogens (tertiary/aromatic N) is 1. The van der Waals surface area contributed by atoms with E-state index in [0.29, 0.717) is 44.7 Å². The van der Waals surface area contributed by atoms with Crippen LogP contribution >= 0.6 is 35.0 Å². The summed E-state index contributed by atoms with van der Waals surface area (Å²) in [5, 5.41) is 3.75. The molecule has 1 atom stereocenters. The topological polar surface area (TPSA) is 66.5 Å². The predicted molar refractivity (Wildman–Crippen MR) is 153 cm³/mol. The van der Waals surface area contributed by atoms with E-state index in [1.807, 2.05) is 47.4 Å². The SMILES string of the molecule is O=C(Nc1ccc(Cl)cc1C(=O)c1ccccc1)c1ccc([C@H]2SCC(=O)N2Cc2ccc(Cl)cc2)cc1. The Morgan fingerprint density at radius 3 is 2.24 bits per heavy atom. The van der Waals surface area contributed by atoms with Crippen molar-refractivity contribution in [2.24, 2.45) is 0 Å². The Kier molecular flexibility index (Phi) is 7.84. The van der Waals surface area contributed by atoms with Gasteiger partial charge in [0.1, 0.15) is 5.37 Å². The van der Waals surface area contributed by atoms with Crippen molar-refractivity contribution in [2.45, 2.75) is 11.9 Å². The van der Waals surface area contributed by atoms with Crippen LogP contribution in [0.25, 0.3) is 0 Å². The Balaban J connectivity index is 1.32. The standard InChI is InChI=1S/C30H22Cl2N2O3S/c31-23-12-6-19(7-13-23)17-34-27(35)18-38-30(34)22-10-8-21(9-11-22)29(37)33-26-15-14-24(32)16-25(26)28(36)20-4-2-1-3-5-20/h1-16,30H,17-18H2,(H,33,37)/t30-/m1/s1. The molecule has 1 saturated heterocycles. The average Bonchev–Trinajstić information content (AvgIpc) is 3.30. The molecule has 8 heteroatoms. The molecule has 0 spiro atoms. The Morgan fingerprint density at radius 1 is 0.842 bits per heavy atom. The third-order valence-electron chi connectivity index (χ3n) is 6.20. The highest BCUT2D eigenvalue weighted by Crippen LogP contribution is 2.39. The number of hydrogen-bond donors (Lipinski definition) is 1. The maximum atomic E-state index is 13.1. The molecule has 1 N–H and O–H groups in total. The van der Waals surface area contributed by atoms with E-state index in [0.717, 1.165) is 11.1 Å². The fourth-order valence-electron chi connectivity index (χ4n) is 4.24. The van der Waals surface area contributed by atoms with Crippen molar-refractivity contribution >= 4 is 58.2 Å². The number of hydrogen-bond acceptors (Lipinski definition) is 4. The van der Waals surface area contributed by atoms with E-state index >= 15 is 0 Å². The van der Waals surface area contributed by atoms with Crippen molar-refractivity contribution in [3.05, 3.63) is 135 Å². The summed E-state index contributed by atoms with van der Waals surface area (Å²) in [6, 6.07) is 28.3. The summed E-state index contributed by atoms with van der Waals surface area (Å²) in [5.74, 6) is -0.123. The summed E-state index contributed by atoms with van der Waals surface area (Å²) < 4.78 is 0. The zero-order valence-corrected chi connectivity index (χ0v) is 22.4. The first-order valence-corrected chi connectivity index (χ1v) is 13.7. The quantitative estimate of drug-likeness (QED) is 0.242. The zero-order chi connectivity index (χ0) is 26.6. The molecule has 38 heavy (non-hydrogen) atoms. The van der Waals surface area contributed by atoms with E-state index in [9.17, 15) is 14.4 Å². The first-order chi connectivity index (χ1) is 18.4. The van der Waals surface area contributed by atoms with Gasteiger partial charge in [0, 0.05) is 33.3 Å². The fraction of sp³-hybridized carbons (Fsp3) is 0.100. The number of ketones is 1.